The fourth-order valence-electron chi connectivity index (χ4n) is 1.18. The molecular formula is C10H22N2O2. The highest BCUT2D eigenvalue weighted by Gasteiger charge is 2.06. The van der Waals surface area contributed by atoms with E-state index in [9.17, 15) is 4.79 Å². The van der Waals surface area contributed by atoms with Crippen molar-refractivity contribution in [1.82, 2.24) is 4.90 Å². The van der Waals surface area contributed by atoms with Crippen LogP contribution in [0.1, 0.15) is 25.7 Å². The molecule has 1 amide bonds. The number of carbonyl (C=O) groups is 1. The lowest BCUT2D eigenvalue weighted by molar-refractivity contribution is -0.130. The van der Waals surface area contributed by atoms with Crippen molar-refractivity contribution in [1.29, 1.82) is 0 Å². The number of rotatable bonds is 8. The summed E-state index contributed by atoms with van der Waals surface area (Å²) in [6.07, 6.45) is 3.65. The molecule has 0 unspecified atom stereocenters. The lowest BCUT2D eigenvalue weighted by Gasteiger charge is -2.16. The fraction of sp³-hybridized carbons (Fsp3) is 0.900. The Morgan fingerprint density at radius 3 is 2.64 bits per heavy atom. The second-order valence-electron chi connectivity index (χ2n) is 3.41. The van der Waals surface area contributed by atoms with Crippen molar-refractivity contribution in [3.63, 3.8) is 0 Å². The van der Waals surface area contributed by atoms with Crippen LogP contribution >= 0.6 is 0 Å². The quantitative estimate of drug-likeness (QED) is 0.587. The summed E-state index contributed by atoms with van der Waals surface area (Å²) in [6, 6.07) is 0. The second kappa shape index (κ2) is 8.97. The van der Waals surface area contributed by atoms with Crippen LogP contribution in [0.4, 0.5) is 0 Å². The minimum atomic E-state index is 0.152. The van der Waals surface area contributed by atoms with E-state index in [4.69, 9.17) is 10.5 Å². The number of nitrogens with zero attached hydrogens (tertiary/aromatic N) is 1. The minimum absolute atomic E-state index is 0.152. The van der Waals surface area contributed by atoms with Gasteiger partial charge in [-0.25, -0.2) is 0 Å². The minimum Gasteiger partial charge on any atom is -0.384 e. The average molecular weight is 202 g/mol. The first kappa shape index (κ1) is 13.4. The summed E-state index contributed by atoms with van der Waals surface area (Å²) in [5.41, 5.74) is 5.37. The first-order chi connectivity index (χ1) is 6.72. The van der Waals surface area contributed by atoms with E-state index >= 15 is 0 Å². The molecule has 0 aliphatic heterocycles. The molecule has 0 rings (SSSR count). The molecule has 0 aromatic carbocycles. The van der Waals surface area contributed by atoms with Gasteiger partial charge in [0, 0.05) is 20.7 Å². The molecule has 14 heavy (non-hydrogen) atoms. The Balaban J connectivity index is 3.42. The van der Waals surface area contributed by atoms with Crippen LogP contribution in [-0.2, 0) is 9.53 Å². The third-order valence-corrected chi connectivity index (χ3v) is 2.14. The van der Waals surface area contributed by atoms with Gasteiger partial charge in [0.1, 0.15) is 0 Å². The van der Waals surface area contributed by atoms with Gasteiger partial charge in [-0.05, 0) is 19.4 Å². The molecule has 0 aliphatic rings. The Kier molecular flexibility index (Phi) is 8.57. The number of hydrogen-bond acceptors (Lipinski definition) is 3. The molecule has 0 radical (unpaired) electrons. The summed E-state index contributed by atoms with van der Waals surface area (Å²) in [5, 5.41) is 0. The number of carbonyl (C=O) groups excluding carboxylic acids is 1. The van der Waals surface area contributed by atoms with E-state index in [1.807, 2.05) is 7.05 Å². The van der Waals surface area contributed by atoms with Crippen LogP contribution in [0.3, 0.4) is 0 Å². The molecule has 0 bridgehead atoms. The van der Waals surface area contributed by atoms with Gasteiger partial charge in [0.05, 0.1) is 13.0 Å². The monoisotopic (exact) mass is 202 g/mol. The Labute approximate surface area is 86.4 Å². The Hall–Kier alpha value is -0.610. The predicted octanol–water partition coefficient (Wildman–Crippen LogP) is 0.610. The zero-order valence-corrected chi connectivity index (χ0v) is 9.29. The van der Waals surface area contributed by atoms with E-state index in [0.717, 1.165) is 32.4 Å². The maximum atomic E-state index is 11.4. The van der Waals surface area contributed by atoms with E-state index in [0.29, 0.717) is 13.0 Å². The standard InChI is InChI=1S/C10H22N2O2/c1-12(8-5-3-4-7-11)10(13)6-9-14-2/h3-9,11H2,1-2H3. The highest BCUT2D eigenvalue weighted by atomic mass is 16.5. The first-order valence-electron chi connectivity index (χ1n) is 5.15. The molecular weight excluding hydrogens is 180 g/mol. The van der Waals surface area contributed by atoms with Gasteiger partial charge >= 0.3 is 0 Å². The Morgan fingerprint density at radius 2 is 2.07 bits per heavy atom. The third-order valence-electron chi connectivity index (χ3n) is 2.14. The van der Waals surface area contributed by atoms with Crippen molar-refractivity contribution in [2.24, 2.45) is 5.73 Å². The van der Waals surface area contributed by atoms with Crippen LogP contribution in [0.25, 0.3) is 0 Å². The van der Waals surface area contributed by atoms with Crippen molar-refractivity contribution >= 4 is 5.91 Å². The molecule has 0 aliphatic carbocycles. The lowest BCUT2D eigenvalue weighted by atomic mass is 10.2. The largest absolute Gasteiger partial charge is 0.384 e. The fourth-order valence-corrected chi connectivity index (χ4v) is 1.18. The summed E-state index contributed by atoms with van der Waals surface area (Å²) in [5.74, 6) is 0.152. The maximum absolute atomic E-state index is 11.4. The number of hydrogen-bond donors (Lipinski definition) is 1. The molecule has 0 aromatic rings. The van der Waals surface area contributed by atoms with Crippen LogP contribution in [0.15, 0.2) is 0 Å². The molecule has 0 spiro atoms. The smallest absolute Gasteiger partial charge is 0.224 e. The van der Waals surface area contributed by atoms with Gasteiger partial charge in [-0.15, -0.1) is 0 Å². The van der Waals surface area contributed by atoms with Crippen LogP contribution in [0.5, 0.6) is 0 Å². The molecule has 0 saturated carbocycles. The molecule has 0 aromatic heterocycles. The number of ether oxygens (including phenoxy) is 1. The summed E-state index contributed by atoms with van der Waals surface area (Å²) >= 11 is 0. The molecule has 0 heterocycles. The summed E-state index contributed by atoms with van der Waals surface area (Å²) in [6.45, 7) is 2.07. The highest BCUT2D eigenvalue weighted by molar-refractivity contribution is 5.75. The molecule has 0 atom stereocenters. The Morgan fingerprint density at radius 1 is 1.36 bits per heavy atom. The normalized spacial score (nSPS) is 10.2. The summed E-state index contributed by atoms with van der Waals surface area (Å²) < 4.78 is 4.84. The molecule has 84 valence electrons. The van der Waals surface area contributed by atoms with Gasteiger partial charge in [-0.2, -0.15) is 0 Å². The van der Waals surface area contributed by atoms with Gasteiger partial charge in [0.2, 0.25) is 5.91 Å². The zero-order chi connectivity index (χ0) is 10.8. The SMILES string of the molecule is COCCC(=O)N(C)CCCCCN. The van der Waals surface area contributed by atoms with E-state index in [-0.39, 0.29) is 5.91 Å². The van der Waals surface area contributed by atoms with Crippen LogP contribution in [0.2, 0.25) is 0 Å². The molecule has 2 N–H and O–H groups in total. The maximum Gasteiger partial charge on any atom is 0.224 e. The zero-order valence-electron chi connectivity index (χ0n) is 9.29. The van der Waals surface area contributed by atoms with Crippen molar-refractivity contribution in [2.75, 3.05) is 33.9 Å². The van der Waals surface area contributed by atoms with Gasteiger partial charge in [-0.3, -0.25) is 4.79 Å². The van der Waals surface area contributed by atoms with Crippen molar-refractivity contribution in [2.45, 2.75) is 25.7 Å². The van der Waals surface area contributed by atoms with E-state index in [1.54, 1.807) is 12.0 Å². The van der Waals surface area contributed by atoms with Gasteiger partial charge < -0.3 is 15.4 Å². The topological polar surface area (TPSA) is 55.6 Å². The highest BCUT2D eigenvalue weighted by Crippen LogP contribution is 1.98. The molecule has 0 saturated heterocycles. The molecule has 0 fully saturated rings. The summed E-state index contributed by atoms with van der Waals surface area (Å²) in [7, 11) is 3.44. The van der Waals surface area contributed by atoms with E-state index in [1.165, 1.54) is 0 Å². The summed E-state index contributed by atoms with van der Waals surface area (Å²) in [4.78, 5) is 13.1. The van der Waals surface area contributed by atoms with Crippen molar-refractivity contribution < 1.29 is 9.53 Å². The van der Waals surface area contributed by atoms with Crippen molar-refractivity contribution in [3.8, 4) is 0 Å². The van der Waals surface area contributed by atoms with Crippen LogP contribution in [-0.4, -0.2) is 44.7 Å². The van der Waals surface area contributed by atoms with E-state index < -0.39 is 0 Å². The van der Waals surface area contributed by atoms with E-state index in [2.05, 4.69) is 0 Å². The third kappa shape index (κ3) is 6.86. The number of unbranched alkanes of at least 4 members (excludes halogenated alkanes) is 2. The predicted molar refractivity (Wildman–Crippen MR) is 57.0 cm³/mol. The van der Waals surface area contributed by atoms with Crippen molar-refractivity contribution in [3.05, 3.63) is 0 Å². The number of amides is 1. The lowest BCUT2D eigenvalue weighted by Crippen LogP contribution is -2.28. The molecule has 4 nitrogen and oxygen atoms in total. The van der Waals surface area contributed by atoms with Crippen LogP contribution in [0, 0.1) is 0 Å². The van der Waals surface area contributed by atoms with Gasteiger partial charge in [0.15, 0.2) is 0 Å². The number of nitrogens with two attached hydrogens (primary N) is 1. The van der Waals surface area contributed by atoms with Gasteiger partial charge in [-0.1, -0.05) is 6.42 Å². The van der Waals surface area contributed by atoms with Gasteiger partial charge in [0.25, 0.3) is 0 Å². The second-order valence-corrected chi connectivity index (χ2v) is 3.41. The van der Waals surface area contributed by atoms with Crippen LogP contribution < -0.4 is 5.73 Å². The number of methoxy groups -OCH3 is 1. The first-order valence-corrected chi connectivity index (χ1v) is 5.15. The average Bonchev–Trinajstić information content (AvgIpc) is 2.20. The molecule has 4 heteroatoms. The Bertz CT molecular complexity index is 151.